The first kappa shape index (κ1) is 22.7. The van der Waals surface area contributed by atoms with Crippen molar-refractivity contribution in [2.75, 3.05) is 20.8 Å². The number of nitrogens with zero attached hydrogens (tertiary/aromatic N) is 3. The van der Waals surface area contributed by atoms with E-state index in [0.29, 0.717) is 33.5 Å². The molecule has 0 fully saturated rings. The van der Waals surface area contributed by atoms with Crippen molar-refractivity contribution in [3.63, 3.8) is 0 Å². The fourth-order valence-electron chi connectivity index (χ4n) is 3.71. The van der Waals surface area contributed by atoms with Gasteiger partial charge in [-0.25, -0.2) is 4.98 Å². The van der Waals surface area contributed by atoms with E-state index in [1.165, 1.54) is 20.3 Å². The number of methoxy groups -OCH3 is 2. The molecule has 0 spiro atoms. The van der Waals surface area contributed by atoms with Gasteiger partial charge in [-0.15, -0.1) is 0 Å². The van der Waals surface area contributed by atoms with E-state index in [-0.39, 0.29) is 30.3 Å². The molecule has 34 heavy (non-hydrogen) atoms. The van der Waals surface area contributed by atoms with Crippen LogP contribution in [0.5, 0.6) is 11.5 Å². The molecular formula is C25H22N4O5. The number of pyridine rings is 2. The van der Waals surface area contributed by atoms with Gasteiger partial charge in [0.05, 0.1) is 42.0 Å². The van der Waals surface area contributed by atoms with E-state index in [2.05, 4.69) is 15.3 Å². The van der Waals surface area contributed by atoms with Crippen molar-refractivity contribution in [1.29, 1.82) is 0 Å². The van der Waals surface area contributed by atoms with Crippen molar-refractivity contribution in [1.82, 2.24) is 15.3 Å². The molecule has 0 aliphatic carbocycles. The summed E-state index contributed by atoms with van der Waals surface area (Å²) in [6.45, 7) is 0.189. The van der Waals surface area contributed by atoms with Crippen LogP contribution >= 0.6 is 0 Å². The van der Waals surface area contributed by atoms with Gasteiger partial charge in [0, 0.05) is 35.5 Å². The van der Waals surface area contributed by atoms with Gasteiger partial charge in [-0.1, -0.05) is 18.2 Å². The lowest BCUT2D eigenvalue weighted by molar-refractivity contribution is -0.385. The summed E-state index contributed by atoms with van der Waals surface area (Å²) in [4.78, 5) is 33.0. The maximum Gasteiger partial charge on any atom is 0.276 e. The van der Waals surface area contributed by atoms with Gasteiger partial charge in [-0.05, 0) is 36.8 Å². The molecule has 0 radical (unpaired) electrons. The Morgan fingerprint density at radius 3 is 2.53 bits per heavy atom. The quantitative estimate of drug-likeness (QED) is 0.311. The summed E-state index contributed by atoms with van der Waals surface area (Å²) in [6, 6.07) is 15.7. The molecule has 2 aromatic carbocycles. The number of ether oxygens (including phenoxy) is 2. The number of hydrogen-bond acceptors (Lipinski definition) is 7. The predicted molar refractivity (Wildman–Crippen MR) is 127 cm³/mol. The lowest BCUT2D eigenvalue weighted by Gasteiger charge is -2.12. The van der Waals surface area contributed by atoms with Crippen LogP contribution in [-0.2, 0) is 6.42 Å². The second-order valence-electron chi connectivity index (χ2n) is 7.41. The minimum atomic E-state index is -0.477. The Bertz CT molecular complexity index is 1360. The number of amides is 1. The number of carbonyl (C=O) groups is 1. The number of carbonyl (C=O) groups excluding carboxylic acids is 1. The van der Waals surface area contributed by atoms with Crippen molar-refractivity contribution in [2.45, 2.75) is 6.42 Å². The summed E-state index contributed by atoms with van der Waals surface area (Å²) in [7, 11) is 2.88. The second-order valence-corrected chi connectivity index (χ2v) is 7.41. The second kappa shape index (κ2) is 9.95. The van der Waals surface area contributed by atoms with Gasteiger partial charge in [0.15, 0.2) is 11.5 Å². The average Bonchev–Trinajstić information content (AvgIpc) is 2.87. The first-order valence-electron chi connectivity index (χ1n) is 10.5. The minimum Gasteiger partial charge on any atom is -0.493 e. The van der Waals surface area contributed by atoms with Gasteiger partial charge >= 0.3 is 0 Å². The first-order chi connectivity index (χ1) is 16.5. The van der Waals surface area contributed by atoms with Crippen LogP contribution in [-0.4, -0.2) is 41.6 Å². The lowest BCUT2D eigenvalue weighted by atomic mass is 10.0. The average molecular weight is 458 g/mol. The number of hydrogen-bond donors (Lipinski definition) is 1. The Hall–Kier alpha value is -4.53. The lowest BCUT2D eigenvalue weighted by Crippen LogP contribution is -2.26. The smallest absolute Gasteiger partial charge is 0.276 e. The van der Waals surface area contributed by atoms with Crippen LogP contribution in [0.15, 0.2) is 67.0 Å². The predicted octanol–water partition coefficient (Wildman–Crippen LogP) is 4.19. The Morgan fingerprint density at radius 2 is 1.82 bits per heavy atom. The molecule has 0 saturated carbocycles. The SMILES string of the molecule is COc1cc(CCNC(=O)c2cc(-c3cccnc3)nc3ccccc23)c([N+](=O)[O-])cc1OC. The molecule has 0 saturated heterocycles. The van der Waals surface area contributed by atoms with E-state index >= 15 is 0 Å². The molecule has 2 aromatic heterocycles. The molecule has 1 N–H and O–H groups in total. The van der Waals surface area contributed by atoms with Gasteiger partial charge in [-0.3, -0.25) is 19.9 Å². The number of nitro benzene ring substituents is 1. The molecule has 0 bridgehead atoms. The van der Waals surface area contributed by atoms with Crippen LogP contribution in [0.2, 0.25) is 0 Å². The molecule has 0 unspecified atom stereocenters. The summed E-state index contributed by atoms with van der Waals surface area (Å²) < 4.78 is 10.4. The van der Waals surface area contributed by atoms with Crippen LogP contribution < -0.4 is 14.8 Å². The van der Waals surface area contributed by atoms with Crippen LogP contribution in [0.4, 0.5) is 5.69 Å². The van der Waals surface area contributed by atoms with Crippen LogP contribution in [0, 0.1) is 10.1 Å². The molecule has 0 aliphatic heterocycles. The molecule has 4 rings (SSSR count). The summed E-state index contributed by atoms with van der Waals surface area (Å²) in [6.07, 6.45) is 3.60. The highest BCUT2D eigenvalue weighted by atomic mass is 16.6. The summed E-state index contributed by atoms with van der Waals surface area (Å²) in [5, 5.41) is 15.1. The molecule has 0 atom stereocenters. The molecule has 2 heterocycles. The van der Waals surface area contributed by atoms with Crippen molar-refractivity contribution in [3.05, 3.63) is 88.2 Å². The summed E-state index contributed by atoms with van der Waals surface area (Å²) in [5.41, 5.74) is 2.91. The van der Waals surface area contributed by atoms with Crippen LogP contribution in [0.25, 0.3) is 22.2 Å². The third kappa shape index (κ3) is 4.63. The van der Waals surface area contributed by atoms with Crippen molar-refractivity contribution < 1.29 is 19.2 Å². The highest BCUT2D eigenvalue weighted by Gasteiger charge is 2.20. The standard InChI is InChI=1S/C25H22N4O5/c1-33-23-12-16(22(29(31)32)14-24(23)34-2)9-11-27-25(30)19-13-21(17-6-5-10-26-15-17)28-20-8-4-3-7-18(19)20/h3-8,10,12-15H,9,11H2,1-2H3,(H,27,30). The van der Waals surface area contributed by atoms with E-state index in [4.69, 9.17) is 9.47 Å². The Kier molecular flexibility index (Phi) is 6.63. The molecule has 4 aromatic rings. The van der Waals surface area contributed by atoms with Gasteiger partial charge < -0.3 is 14.8 Å². The molecule has 0 aliphatic rings. The van der Waals surface area contributed by atoms with E-state index in [9.17, 15) is 14.9 Å². The topological polar surface area (TPSA) is 116 Å². The molecule has 1 amide bonds. The number of fused-ring (bicyclic) bond motifs is 1. The molecule has 9 heteroatoms. The number of para-hydroxylation sites is 1. The maximum absolute atomic E-state index is 13.1. The normalized spacial score (nSPS) is 10.6. The van der Waals surface area contributed by atoms with Gasteiger partial charge in [0.2, 0.25) is 0 Å². The van der Waals surface area contributed by atoms with Crippen molar-refractivity contribution in [3.8, 4) is 22.8 Å². The Balaban J connectivity index is 1.60. The van der Waals surface area contributed by atoms with Gasteiger partial charge in [0.25, 0.3) is 11.6 Å². The van der Waals surface area contributed by atoms with E-state index < -0.39 is 4.92 Å². The Morgan fingerprint density at radius 1 is 1.06 bits per heavy atom. The number of aromatic nitrogens is 2. The fourth-order valence-corrected chi connectivity index (χ4v) is 3.71. The fraction of sp³-hybridized carbons (Fsp3) is 0.160. The minimum absolute atomic E-state index is 0.0971. The number of nitro groups is 1. The monoisotopic (exact) mass is 458 g/mol. The molecule has 172 valence electrons. The maximum atomic E-state index is 13.1. The third-order valence-electron chi connectivity index (χ3n) is 5.38. The van der Waals surface area contributed by atoms with E-state index in [0.717, 1.165) is 5.56 Å². The van der Waals surface area contributed by atoms with Crippen LogP contribution in [0.3, 0.4) is 0 Å². The third-order valence-corrected chi connectivity index (χ3v) is 5.38. The highest BCUT2D eigenvalue weighted by Crippen LogP contribution is 2.34. The van der Waals surface area contributed by atoms with E-state index in [1.54, 1.807) is 24.5 Å². The number of rotatable bonds is 8. The zero-order valence-electron chi connectivity index (χ0n) is 18.6. The first-order valence-corrected chi connectivity index (χ1v) is 10.5. The summed E-state index contributed by atoms with van der Waals surface area (Å²) >= 11 is 0. The van der Waals surface area contributed by atoms with Crippen LogP contribution in [0.1, 0.15) is 15.9 Å². The van der Waals surface area contributed by atoms with Gasteiger partial charge in [-0.2, -0.15) is 0 Å². The largest absolute Gasteiger partial charge is 0.493 e. The van der Waals surface area contributed by atoms with E-state index in [1.807, 2.05) is 36.4 Å². The number of benzene rings is 2. The molecule has 9 nitrogen and oxygen atoms in total. The zero-order chi connectivity index (χ0) is 24.1. The number of nitrogens with one attached hydrogen (secondary N) is 1. The van der Waals surface area contributed by atoms with Crippen molar-refractivity contribution >= 4 is 22.5 Å². The Labute approximate surface area is 195 Å². The van der Waals surface area contributed by atoms with Crippen molar-refractivity contribution in [2.24, 2.45) is 0 Å². The highest BCUT2D eigenvalue weighted by molar-refractivity contribution is 6.07. The summed E-state index contributed by atoms with van der Waals surface area (Å²) in [5.74, 6) is 0.357. The van der Waals surface area contributed by atoms with Gasteiger partial charge in [0.1, 0.15) is 0 Å². The molecular weight excluding hydrogens is 436 g/mol. The zero-order valence-corrected chi connectivity index (χ0v) is 18.6.